The lowest BCUT2D eigenvalue weighted by molar-refractivity contribution is -0.438. The number of nitrogen functional groups attached to an aromatic ring is 1. The topological polar surface area (TPSA) is 488 Å². The Labute approximate surface area is 672 Å². The number of H-pyrrole nitrogens is 1. The number of anilines is 2. The van der Waals surface area contributed by atoms with E-state index in [2.05, 4.69) is 114 Å². The molecule has 0 bridgehead atoms. The number of amides is 2. The van der Waals surface area contributed by atoms with Crippen LogP contribution >= 0.6 is 45.1 Å². The number of nitrogens with two attached hydrogens (primary N) is 1. The first kappa shape index (κ1) is 96.0. The number of benzene rings is 2. The van der Waals surface area contributed by atoms with E-state index >= 15 is 0 Å². The summed E-state index contributed by atoms with van der Waals surface area (Å²) in [6.07, 6.45) is 12.5. The van der Waals surface area contributed by atoms with Gasteiger partial charge in [0.05, 0.1) is 86.0 Å². The molecule has 628 valence electrons. The number of esters is 1. The average molecular weight is 1760 g/mol. The van der Waals surface area contributed by atoms with Crippen LogP contribution in [0, 0.1) is 11.8 Å². The van der Waals surface area contributed by atoms with E-state index in [0.29, 0.717) is 83.3 Å². The highest BCUT2D eigenvalue weighted by Gasteiger charge is 2.47. The van der Waals surface area contributed by atoms with E-state index in [9.17, 15) is 55.6 Å². The van der Waals surface area contributed by atoms with Crippen LogP contribution in [0.4, 0.5) is 22.1 Å². The molecule has 44 heteroatoms. The van der Waals surface area contributed by atoms with E-state index in [4.69, 9.17) is 77.0 Å². The Hall–Kier alpha value is -5.87. The highest BCUT2D eigenvalue weighted by molar-refractivity contribution is 8.77. The van der Waals surface area contributed by atoms with Crippen molar-refractivity contribution in [2.45, 2.75) is 159 Å². The first-order chi connectivity index (χ1) is 53.2. The van der Waals surface area contributed by atoms with Gasteiger partial charge >= 0.3 is 46.1 Å². The monoisotopic (exact) mass is 1760 g/mol. The van der Waals surface area contributed by atoms with Crippen LogP contribution < -0.4 is 26.8 Å². The number of carbonyl (C=O) groups excluding carboxylic acids is 3. The zero-order valence-corrected chi connectivity index (χ0v) is 71.4. The SMILES string of the molecule is CCN1\C(=C/C=C/C=C/C2=[N+](CCCCCC(=O)NCCOCCOCCNC(=O)OCCC(C)(C)SSCOCCCCOC(=O)CCC#Cc3cn([C@H]4C[C@H](OCS(=S)CC)[C@@H](COP(=O)(O)OP(=O)(O)OP(=O)(O)O)O4)c4nc(N)[nH]c(=O)c34)c3ccc(S(=O)(=O)O)cc3C2(C)C)C(C)(C)c2ccccc21.O=S(=O)=O. The zero-order chi connectivity index (χ0) is 83.4. The number of aromatic amines is 1. The molecule has 2 amide bonds. The molecule has 4 aromatic rings. The van der Waals surface area contributed by atoms with E-state index in [1.165, 1.54) is 44.6 Å². The molecular weight excluding hydrogens is 1660 g/mol. The number of phosphoric ester groups is 1. The molecule has 3 aliphatic heterocycles. The number of fused-ring (bicyclic) bond motifs is 3. The van der Waals surface area contributed by atoms with Gasteiger partial charge in [-0.3, -0.25) is 28.4 Å². The fourth-order valence-corrected chi connectivity index (χ4v) is 18.5. The van der Waals surface area contributed by atoms with Crippen molar-refractivity contribution >= 4 is 138 Å². The molecule has 6 atom stereocenters. The second-order valence-electron chi connectivity index (χ2n) is 27.0. The summed E-state index contributed by atoms with van der Waals surface area (Å²) < 4.78 is 151. The molecule has 3 unspecified atom stereocenters. The quantitative estimate of drug-likeness (QED) is 0.00229. The van der Waals surface area contributed by atoms with Gasteiger partial charge in [-0.25, -0.2) is 18.5 Å². The second kappa shape index (κ2) is 45.2. The lowest BCUT2D eigenvalue weighted by atomic mass is 9.81. The van der Waals surface area contributed by atoms with Crippen LogP contribution in [0.25, 0.3) is 11.0 Å². The van der Waals surface area contributed by atoms with Crippen LogP contribution in [0.5, 0.6) is 0 Å². The first-order valence-electron chi connectivity index (χ1n) is 35.8. The minimum atomic E-state index is -5.80. The van der Waals surface area contributed by atoms with E-state index < -0.39 is 102 Å². The third-order valence-corrected chi connectivity index (χ3v) is 27.2. The molecule has 7 rings (SSSR count). The van der Waals surface area contributed by atoms with Crippen molar-refractivity contribution in [2.75, 3.05) is 107 Å². The molecular formula is C69H100N8O27P3S6+. The molecule has 35 nitrogen and oxygen atoms in total. The Morgan fingerprint density at radius 2 is 1.57 bits per heavy atom. The number of hydrogen-bond donors (Lipinski definition) is 9. The normalized spacial score (nSPS) is 18.3. The van der Waals surface area contributed by atoms with Gasteiger partial charge in [0, 0.05) is 97.4 Å². The number of allylic oxidation sites excluding steroid dienone is 6. The van der Waals surface area contributed by atoms with Crippen molar-refractivity contribution < 1.29 is 124 Å². The summed E-state index contributed by atoms with van der Waals surface area (Å²) in [5.41, 5.74) is 11.2. The fourth-order valence-electron chi connectivity index (χ4n) is 12.1. The van der Waals surface area contributed by atoms with E-state index in [-0.39, 0.29) is 95.1 Å². The third kappa shape index (κ3) is 31.5. The number of nitrogens with one attached hydrogen (secondary N) is 3. The number of aromatic nitrogens is 3. The maximum atomic E-state index is 13.2. The van der Waals surface area contributed by atoms with Gasteiger partial charge < -0.3 is 78.6 Å². The van der Waals surface area contributed by atoms with Gasteiger partial charge in [0.15, 0.2) is 11.4 Å². The number of para-hydroxylation sites is 1. The number of unbranched alkanes of at least 4 members (excludes halogenated alkanes) is 3. The number of ether oxygens (including phenoxy) is 7. The predicted octanol–water partition coefficient (Wildman–Crippen LogP) is 8.93. The van der Waals surface area contributed by atoms with Crippen LogP contribution in [-0.2, 0) is 122 Å². The van der Waals surface area contributed by atoms with Crippen molar-refractivity contribution in [3.8, 4) is 11.8 Å². The zero-order valence-electron chi connectivity index (χ0n) is 63.8. The molecule has 0 spiro atoms. The van der Waals surface area contributed by atoms with Crippen molar-refractivity contribution in [3.05, 3.63) is 112 Å². The van der Waals surface area contributed by atoms with Gasteiger partial charge in [-0.05, 0) is 114 Å². The highest BCUT2D eigenvalue weighted by Crippen LogP contribution is 2.66. The van der Waals surface area contributed by atoms with Gasteiger partial charge in [0.25, 0.3) is 15.7 Å². The maximum absolute atomic E-state index is 13.2. The van der Waals surface area contributed by atoms with Gasteiger partial charge in [-0.2, -0.15) is 26.6 Å². The Kier molecular flexibility index (Phi) is 38.4. The maximum Gasteiger partial charge on any atom is 0.490 e. The molecule has 5 heterocycles. The number of nitrogens with zero attached hydrogens (tertiary/aromatic N) is 4. The summed E-state index contributed by atoms with van der Waals surface area (Å²) in [5, 5.41) is 5.61. The van der Waals surface area contributed by atoms with Crippen LogP contribution in [0.2, 0.25) is 0 Å². The number of carbonyl (C=O) groups is 3. The number of hydrogen-bond acceptors (Lipinski definition) is 28. The lowest BCUT2D eigenvalue weighted by Gasteiger charge is -2.25. The molecule has 2 aromatic heterocycles. The van der Waals surface area contributed by atoms with E-state index in [0.717, 1.165) is 36.3 Å². The van der Waals surface area contributed by atoms with Crippen molar-refractivity contribution in [3.63, 3.8) is 0 Å². The van der Waals surface area contributed by atoms with Gasteiger partial charge in [0.1, 0.15) is 24.8 Å². The number of likely N-dealkylation sites (N-methyl/N-ethyl adjacent to an activating group) is 1. The molecule has 0 radical (unpaired) electrons. The number of rotatable bonds is 46. The molecule has 2 aromatic carbocycles. The Bertz CT molecular complexity index is 4610. The van der Waals surface area contributed by atoms with Crippen LogP contribution in [0.3, 0.4) is 0 Å². The summed E-state index contributed by atoms with van der Waals surface area (Å²) in [7, 11) is -22.0. The summed E-state index contributed by atoms with van der Waals surface area (Å²) >= 11 is 5.39. The Morgan fingerprint density at radius 1 is 0.867 bits per heavy atom. The summed E-state index contributed by atoms with van der Waals surface area (Å²) in [5.74, 6) is 6.02. The lowest BCUT2D eigenvalue weighted by Crippen LogP contribution is -2.30. The van der Waals surface area contributed by atoms with E-state index in [1.807, 2.05) is 46.8 Å². The minimum Gasteiger partial charge on any atom is -0.466 e. The van der Waals surface area contributed by atoms with Crippen molar-refractivity contribution in [1.82, 2.24) is 25.2 Å². The molecule has 1 saturated heterocycles. The molecule has 3 aliphatic rings. The average Bonchev–Trinajstić information content (AvgIpc) is 1.61. The first-order valence-corrected chi connectivity index (χ1v) is 47.6. The minimum absolute atomic E-state index is 0.0198. The summed E-state index contributed by atoms with van der Waals surface area (Å²) in [6, 6.07) is 13.2. The molecule has 10 N–H and O–H groups in total. The fraction of sp³-hybridized carbons (Fsp3) is 0.565. The molecule has 0 aliphatic carbocycles. The van der Waals surface area contributed by atoms with Crippen molar-refractivity contribution in [1.29, 1.82) is 0 Å². The molecule has 1 fully saturated rings. The van der Waals surface area contributed by atoms with Crippen LogP contribution in [-0.4, -0.2) is 202 Å². The largest absolute Gasteiger partial charge is 0.490 e. The molecule has 113 heavy (non-hydrogen) atoms. The summed E-state index contributed by atoms with van der Waals surface area (Å²) in [4.78, 5) is 97.2. The Balaban J connectivity index is 0.00000485. The number of phosphoric acid groups is 3. The number of alkyl carbamates (subject to hydrolysis) is 1. The van der Waals surface area contributed by atoms with Crippen LogP contribution in [0.1, 0.15) is 143 Å². The third-order valence-electron chi connectivity index (χ3n) is 17.5. The standard InChI is InChI=1S/C69H99N8O24P3S5.O3S/c1-9-75-53-25-18-17-24-51(53)68(5,6)57(75)26-13-11-14-27-58-69(7,8)52-43-50(109(89,90)91)30-31-54(52)76(58)35-20-12-15-28-59(78)71-33-39-92-41-42-93-40-34-72-66(81)96-38-32-67(3,4)107-106-47-94-36-21-22-37-95-61(79)29-19-16-23-49-45-77(63-62(49)64(80)74-65(70)73-63)60-44-55(97-48-108(105)10-2)56(99-60)46-98-103(85,86)101-104(87,88)100-102(82,83)84;1-4(2)3/h11,13-14,17-18,24-27,30-31,43,45,55-56,60H,9-10,12,15,19-22,28-29,32-42,44,46-48H2,1-8H3,(H9-,70,71,72,73,74,78,80,81,82,83,84,85,86,87,88,89,90,91);/p+1/t55-,56+,60+,108?;/m0./s1. The van der Waals surface area contributed by atoms with Gasteiger partial charge in [0.2, 0.25) is 17.5 Å². The smallest absolute Gasteiger partial charge is 0.466 e. The predicted molar refractivity (Wildman–Crippen MR) is 429 cm³/mol. The van der Waals surface area contributed by atoms with E-state index in [1.54, 1.807) is 22.9 Å². The van der Waals surface area contributed by atoms with Crippen molar-refractivity contribution in [2.24, 2.45) is 0 Å². The summed E-state index contributed by atoms with van der Waals surface area (Å²) in [6.45, 7) is 19.9. The van der Waals surface area contributed by atoms with Gasteiger partial charge in [-0.15, -0.1) is 12.6 Å². The second-order valence-corrected chi connectivity index (χ2v) is 39.3. The highest BCUT2D eigenvalue weighted by atomic mass is 33.1. The van der Waals surface area contributed by atoms with Gasteiger partial charge in [-0.1, -0.05) is 100 Å². The Morgan fingerprint density at radius 3 is 2.26 bits per heavy atom. The molecule has 0 saturated carbocycles. The van der Waals surface area contributed by atoms with Crippen LogP contribution in [0.15, 0.2) is 94.4 Å².